The van der Waals surface area contributed by atoms with Crippen LogP contribution in [0.1, 0.15) is 30.5 Å². The van der Waals surface area contributed by atoms with Crippen molar-refractivity contribution in [1.82, 2.24) is 14.9 Å². The summed E-state index contributed by atoms with van der Waals surface area (Å²) in [7, 11) is 0. The summed E-state index contributed by atoms with van der Waals surface area (Å²) in [6.45, 7) is 10.9. The second-order valence-electron chi connectivity index (χ2n) is 5.74. The number of aromatic nitrogens is 2. The minimum atomic E-state index is 0.497. The van der Waals surface area contributed by atoms with E-state index in [1.807, 2.05) is 17.1 Å². The van der Waals surface area contributed by atoms with Crippen LogP contribution in [0.5, 0.6) is 5.75 Å². The fraction of sp³-hybridized carbons (Fsp3) is 0.471. The molecule has 2 aromatic rings. The third kappa shape index (κ3) is 4.60. The molecule has 21 heavy (non-hydrogen) atoms. The van der Waals surface area contributed by atoms with Gasteiger partial charge in [-0.05, 0) is 30.5 Å². The normalized spacial score (nSPS) is 11.1. The highest BCUT2D eigenvalue weighted by atomic mass is 16.5. The molecule has 0 spiro atoms. The van der Waals surface area contributed by atoms with Crippen LogP contribution in [-0.2, 0) is 13.1 Å². The number of aryl methyl sites for hydroxylation is 2. The molecule has 4 heteroatoms. The van der Waals surface area contributed by atoms with Crippen molar-refractivity contribution in [3.63, 3.8) is 0 Å². The Bertz CT molecular complexity index is 538. The Labute approximate surface area is 127 Å². The SMILES string of the molecule is Cc1cc(CNC(C)C)cc(C)c1OCCn1ccnc1. The summed E-state index contributed by atoms with van der Waals surface area (Å²) in [4.78, 5) is 4.03. The van der Waals surface area contributed by atoms with Crippen LogP contribution in [0.25, 0.3) is 0 Å². The molecule has 1 aromatic carbocycles. The van der Waals surface area contributed by atoms with E-state index in [1.54, 1.807) is 6.20 Å². The zero-order chi connectivity index (χ0) is 15.2. The van der Waals surface area contributed by atoms with Gasteiger partial charge >= 0.3 is 0 Å². The van der Waals surface area contributed by atoms with Crippen LogP contribution in [-0.4, -0.2) is 22.2 Å². The van der Waals surface area contributed by atoms with Crippen molar-refractivity contribution in [1.29, 1.82) is 0 Å². The molecule has 0 amide bonds. The largest absolute Gasteiger partial charge is 0.491 e. The molecular formula is C17H25N3O. The maximum Gasteiger partial charge on any atom is 0.125 e. The van der Waals surface area contributed by atoms with Gasteiger partial charge in [0.1, 0.15) is 12.4 Å². The zero-order valence-electron chi connectivity index (χ0n) is 13.4. The Hall–Kier alpha value is -1.81. The third-order valence-corrected chi connectivity index (χ3v) is 3.39. The van der Waals surface area contributed by atoms with Gasteiger partial charge in [0.05, 0.1) is 12.9 Å². The predicted molar refractivity (Wildman–Crippen MR) is 85.6 cm³/mol. The summed E-state index contributed by atoms with van der Waals surface area (Å²) in [5.41, 5.74) is 3.70. The fourth-order valence-corrected chi connectivity index (χ4v) is 2.36. The second-order valence-corrected chi connectivity index (χ2v) is 5.74. The van der Waals surface area contributed by atoms with E-state index in [2.05, 4.69) is 50.1 Å². The first-order valence-electron chi connectivity index (χ1n) is 7.48. The van der Waals surface area contributed by atoms with E-state index >= 15 is 0 Å². The van der Waals surface area contributed by atoms with Gasteiger partial charge in [-0.2, -0.15) is 0 Å². The monoisotopic (exact) mass is 287 g/mol. The van der Waals surface area contributed by atoms with Gasteiger partial charge in [0.15, 0.2) is 0 Å². The lowest BCUT2D eigenvalue weighted by atomic mass is 10.1. The average molecular weight is 287 g/mol. The Morgan fingerprint density at radius 3 is 2.52 bits per heavy atom. The van der Waals surface area contributed by atoms with E-state index in [-0.39, 0.29) is 0 Å². The van der Waals surface area contributed by atoms with Crippen LogP contribution < -0.4 is 10.1 Å². The van der Waals surface area contributed by atoms with E-state index in [9.17, 15) is 0 Å². The van der Waals surface area contributed by atoms with Crippen LogP contribution in [0.15, 0.2) is 30.9 Å². The summed E-state index contributed by atoms with van der Waals surface area (Å²) in [6, 6.07) is 4.90. The average Bonchev–Trinajstić information content (AvgIpc) is 2.92. The highest BCUT2D eigenvalue weighted by molar-refractivity contribution is 5.43. The molecule has 1 aromatic heterocycles. The van der Waals surface area contributed by atoms with Gasteiger partial charge in [-0.15, -0.1) is 0 Å². The highest BCUT2D eigenvalue weighted by Crippen LogP contribution is 2.25. The van der Waals surface area contributed by atoms with Gasteiger partial charge in [-0.3, -0.25) is 0 Å². The van der Waals surface area contributed by atoms with Gasteiger partial charge in [0, 0.05) is 25.0 Å². The first-order chi connectivity index (χ1) is 10.1. The van der Waals surface area contributed by atoms with Crippen LogP contribution in [0.3, 0.4) is 0 Å². The number of rotatable bonds is 7. The number of nitrogens with one attached hydrogen (secondary N) is 1. The molecule has 0 bridgehead atoms. The van der Waals surface area contributed by atoms with E-state index in [0.29, 0.717) is 12.6 Å². The van der Waals surface area contributed by atoms with Crippen LogP contribution in [0.4, 0.5) is 0 Å². The minimum Gasteiger partial charge on any atom is -0.491 e. The molecule has 0 fully saturated rings. The summed E-state index contributed by atoms with van der Waals surface area (Å²) in [6.07, 6.45) is 5.54. The number of nitrogens with zero attached hydrogens (tertiary/aromatic N) is 2. The molecule has 0 unspecified atom stereocenters. The topological polar surface area (TPSA) is 39.1 Å². The summed E-state index contributed by atoms with van der Waals surface area (Å²) in [5.74, 6) is 1.00. The van der Waals surface area contributed by atoms with Gasteiger partial charge in [0.2, 0.25) is 0 Å². The highest BCUT2D eigenvalue weighted by Gasteiger charge is 2.07. The van der Waals surface area contributed by atoms with Crippen molar-refractivity contribution in [3.05, 3.63) is 47.5 Å². The van der Waals surface area contributed by atoms with E-state index in [0.717, 1.165) is 18.8 Å². The Morgan fingerprint density at radius 2 is 1.95 bits per heavy atom. The summed E-state index contributed by atoms with van der Waals surface area (Å²) >= 11 is 0. The lowest BCUT2D eigenvalue weighted by Crippen LogP contribution is -2.22. The first-order valence-corrected chi connectivity index (χ1v) is 7.48. The second kappa shape index (κ2) is 7.27. The Balaban J connectivity index is 1.96. The number of hydrogen-bond donors (Lipinski definition) is 1. The van der Waals surface area contributed by atoms with Crippen molar-refractivity contribution in [2.24, 2.45) is 0 Å². The molecule has 0 radical (unpaired) electrons. The molecule has 0 saturated heterocycles. The van der Waals surface area contributed by atoms with Crippen molar-refractivity contribution in [2.75, 3.05) is 6.61 Å². The molecular weight excluding hydrogens is 262 g/mol. The summed E-state index contributed by atoms with van der Waals surface area (Å²) in [5, 5.41) is 3.45. The van der Waals surface area contributed by atoms with Gasteiger partial charge < -0.3 is 14.6 Å². The number of hydrogen-bond acceptors (Lipinski definition) is 3. The van der Waals surface area contributed by atoms with Crippen LogP contribution in [0.2, 0.25) is 0 Å². The molecule has 114 valence electrons. The molecule has 1 N–H and O–H groups in total. The van der Waals surface area contributed by atoms with Crippen molar-refractivity contribution in [2.45, 2.75) is 46.8 Å². The molecule has 0 aliphatic rings. The zero-order valence-corrected chi connectivity index (χ0v) is 13.4. The molecule has 1 heterocycles. The lowest BCUT2D eigenvalue weighted by Gasteiger charge is -2.15. The van der Waals surface area contributed by atoms with Crippen molar-refractivity contribution < 1.29 is 4.74 Å². The van der Waals surface area contributed by atoms with Gasteiger partial charge in [-0.25, -0.2) is 4.98 Å². The number of ether oxygens (including phenoxy) is 1. The van der Waals surface area contributed by atoms with E-state index in [1.165, 1.54) is 16.7 Å². The Morgan fingerprint density at radius 1 is 1.24 bits per heavy atom. The van der Waals surface area contributed by atoms with E-state index < -0.39 is 0 Å². The van der Waals surface area contributed by atoms with Crippen LogP contribution >= 0.6 is 0 Å². The molecule has 0 saturated carbocycles. The quantitative estimate of drug-likeness (QED) is 0.850. The molecule has 4 nitrogen and oxygen atoms in total. The summed E-state index contributed by atoms with van der Waals surface area (Å²) < 4.78 is 7.97. The van der Waals surface area contributed by atoms with E-state index in [4.69, 9.17) is 4.74 Å². The standard InChI is InChI=1S/C17H25N3O/c1-13(2)19-11-16-9-14(3)17(15(4)10-16)21-8-7-20-6-5-18-12-20/h5-6,9-10,12-13,19H,7-8,11H2,1-4H3. The number of benzene rings is 1. The fourth-order valence-electron chi connectivity index (χ4n) is 2.36. The lowest BCUT2D eigenvalue weighted by molar-refractivity contribution is 0.294. The molecule has 0 aliphatic heterocycles. The van der Waals surface area contributed by atoms with Gasteiger partial charge in [-0.1, -0.05) is 26.0 Å². The van der Waals surface area contributed by atoms with Crippen LogP contribution in [0, 0.1) is 13.8 Å². The smallest absolute Gasteiger partial charge is 0.125 e. The maximum absolute atomic E-state index is 5.95. The van der Waals surface area contributed by atoms with Gasteiger partial charge in [0.25, 0.3) is 0 Å². The molecule has 0 aliphatic carbocycles. The maximum atomic E-state index is 5.95. The van der Waals surface area contributed by atoms with Crippen molar-refractivity contribution >= 4 is 0 Å². The molecule has 2 rings (SSSR count). The molecule has 0 atom stereocenters. The minimum absolute atomic E-state index is 0.497. The van der Waals surface area contributed by atoms with Crippen molar-refractivity contribution in [3.8, 4) is 5.75 Å². The first kappa shape index (κ1) is 15.6. The third-order valence-electron chi connectivity index (χ3n) is 3.39. The predicted octanol–water partition coefficient (Wildman–Crippen LogP) is 3.08. The Kier molecular flexibility index (Phi) is 5.39. The number of imidazole rings is 1.